The van der Waals surface area contributed by atoms with E-state index in [1.165, 1.54) is 12.1 Å². The molecule has 1 aromatic carbocycles. The van der Waals surface area contributed by atoms with Gasteiger partial charge in [0.2, 0.25) is 0 Å². The van der Waals surface area contributed by atoms with E-state index in [4.69, 9.17) is 0 Å². The summed E-state index contributed by atoms with van der Waals surface area (Å²) >= 11 is 0. The van der Waals surface area contributed by atoms with Crippen molar-refractivity contribution in [3.63, 3.8) is 0 Å². The van der Waals surface area contributed by atoms with E-state index in [2.05, 4.69) is 10.6 Å². The van der Waals surface area contributed by atoms with Gasteiger partial charge >= 0.3 is 6.03 Å². The molecule has 132 valence electrons. The van der Waals surface area contributed by atoms with E-state index in [9.17, 15) is 14.3 Å². The van der Waals surface area contributed by atoms with Gasteiger partial charge in [-0.05, 0) is 55.7 Å². The van der Waals surface area contributed by atoms with Crippen LogP contribution in [0.1, 0.15) is 56.4 Å². The number of halogens is 1. The Morgan fingerprint density at radius 2 is 1.88 bits per heavy atom. The van der Waals surface area contributed by atoms with Crippen molar-refractivity contribution in [2.24, 2.45) is 5.92 Å². The number of carbonyl (C=O) groups excluding carboxylic acids is 1. The molecule has 2 saturated carbocycles. The van der Waals surface area contributed by atoms with Crippen LogP contribution in [0.25, 0.3) is 0 Å². The number of carbonyl (C=O) groups is 1. The van der Waals surface area contributed by atoms with Gasteiger partial charge < -0.3 is 15.7 Å². The summed E-state index contributed by atoms with van der Waals surface area (Å²) in [6.07, 6.45) is 6.59. The number of hydrogen-bond acceptors (Lipinski definition) is 2. The first-order valence-electron chi connectivity index (χ1n) is 9.09. The number of rotatable bonds is 4. The minimum atomic E-state index is -0.228. The molecule has 3 N–H and O–H groups in total. The third-order valence-corrected chi connectivity index (χ3v) is 5.44. The van der Waals surface area contributed by atoms with E-state index in [1.54, 1.807) is 0 Å². The van der Waals surface area contributed by atoms with E-state index in [1.807, 2.05) is 12.1 Å². The van der Waals surface area contributed by atoms with Crippen LogP contribution in [0.15, 0.2) is 24.3 Å². The molecule has 4 unspecified atom stereocenters. The van der Waals surface area contributed by atoms with Gasteiger partial charge in [0, 0.05) is 18.5 Å². The van der Waals surface area contributed by atoms with Gasteiger partial charge in [-0.1, -0.05) is 25.0 Å². The van der Waals surface area contributed by atoms with Crippen LogP contribution in [0.5, 0.6) is 0 Å². The third kappa shape index (κ3) is 4.47. The van der Waals surface area contributed by atoms with Gasteiger partial charge in [0.05, 0.1) is 6.10 Å². The fourth-order valence-corrected chi connectivity index (χ4v) is 4.15. The maximum absolute atomic E-state index is 13.1. The van der Waals surface area contributed by atoms with E-state index in [-0.39, 0.29) is 29.9 Å². The Hall–Kier alpha value is -1.62. The standard InChI is InChI=1S/C19H27FN2O2/c20-15-9-7-14(8-10-15)17-5-2-6-18(17)22-19(24)21-12-13-3-1-4-16(23)11-13/h7-10,13,16-18,23H,1-6,11-12H2,(H2,21,22,24). The quantitative estimate of drug-likeness (QED) is 0.791. The number of nitrogens with one attached hydrogen (secondary N) is 2. The molecule has 0 spiro atoms. The zero-order valence-electron chi connectivity index (χ0n) is 14.0. The molecule has 2 aliphatic carbocycles. The summed E-state index contributed by atoms with van der Waals surface area (Å²) in [6, 6.07) is 6.59. The highest BCUT2D eigenvalue weighted by molar-refractivity contribution is 5.74. The smallest absolute Gasteiger partial charge is 0.315 e. The number of urea groups is 1. The van der Waals surface area contributed by atoms with E-state index >= 15 is 0 Å². The van der Waals surface area contributed by atoms with Crippen molar-refractivity contribution >= 4 is 6.03 Å². The SMILES string of the molecule is O=C(NCC1CCCC(O)C1)NC1CCCC1c1ccc(F)cc1. The summed E-state index contributed by atoms with van der Waals surface area (Å²) < 4.78 is 13.1. The molecular weight excluding hydrogens is 307 g/mol. The molecule has 1 aromatic rings. The second-order valence-corrected chi connectivity index (χ2v) is 7.24. The van der Waals surface area contributed by atoms with Gasteiger partial charge in [0.25, 0.3) is 0 Å². The molecule has 5 heteroatoms. The number of aliphatic hydroxyl groups excluding tert-OH is 1. The van der Waals surface area contributed by atoms with Crippen LogP contribution in [0.3, 0.4) is 0 Å². The van der Waals surface area contributed by atoms with E-state index < -0.39 is 0 Å². The lowest BCUT2D eigenvalue weighted by atomic mass is 9.87. The molecule has 0 saturated heterocycles. The monoisotopic (exact) mass is 334 g/mol. The number of hydrogen-bond donors (Lipinski definition) is 3. The average Bonchev–Trinajstić information content (AvgIpc) is 3.02. The van der Waals surface area contributed by atoms with Gasteiger partial charge in [0.15, 0.2) is 0 Å². The second kappa shape index (κ2) is 7.97. The highest BCUT2D eigenvalue weighted by Gasteiger charge is 2.30. The molecule has 0 radical (unpaired) electrons. The fourth-order valence-electron chi connectivity index (χ4n) is 4.15. The van der Waals surface area contributed by atoms with Crippen LogP contribution >= 0.6 is 0 Å². The molecular formula is C19H27FN2O2. The number of aliphatic hydroxyl groups is 1. The van der Waals surface area contributed by atoms with Crippen LogP contribution in [-0.2, 0) is 0 Å². The fraction of sp³-hybridized carbons (Fsp3) is 0.632. The molecule has 24 heavy (non-hydrogen) atoms. The Labute approximate surface area is 142 Å². The molecule has 0 aromatic heterocycles. The lowest BCUT2D eigenvalue weighted by molar-refractivity contribution is 0.101. The zero-order valence-corrected chi connectivity index (χ0v) is 14.0. The Bertz CT molecular complexity index is 549. The van der Waals surface area contributed by atoms with Crippen LogP contribution in [0.2, 0.25) is 0 Å². The first kappa shape index (κ1) is 17.2. The van der Waals surface area contributed by atoms with Crippen molar-refractivity contribution in [3.8, 4) is 0 Å². The van der Waals surface area contributed by atoms with Crippen LogP contribution in [-0.4, -0.2) is 29.8 Å². The van der Waals surface area contributed by atoms with Crippen molar-refractivity contribution in [2.75, 3.05) is 6.54 Å². The van der Waals surface area contributed by atoms with Crippen molar-refractivity contribution in [1.29, 1.82) is 0 Å². The minimum absolute atomic E-state index is 0.104. The lowest BCUT2D eigenvalue weighted by Gasteiger charge is -2.27. The molecule has 2 fully saturated rings. The first-order chi connectivity index (χ1) is 11.6. The van der Waals surface area contributed by atoms with Crippen molar-refractivity contribution in [1.82, 2.24) is 10.6 Å². The summed E-state index contributed by atoms with van der Waals surface area (Å²) in [6.45, 7) is 0.622. The maximum Gasteiger partial charge on any atom is 0.315 e. The summed E-state index contributed by atoms with van der Waals surface area (Å²) in [4.78, 5) is 12.2. The Morgan fingerprint density at radius 3 is 2.62 bits per heavy atom. The highest BCUT2D eigenvalue weighted by atomic mass is 19.1. The van der Waals surface area contributed by atoms with Crippen LogP contribution in [0, 0.1) is 11.7 Å². The van der Waals surface area contributed by atoms with Crippen molar-refractivity contribution in [2.45, 2.75) is 63.0 Å². The Morgan fingerprint density at radius 1 is 1.12 bits per heavy atom. The predicted octanol–water partition coefficient (Wildman–Crippen LogP) is 3.31. The zero-order chi connectivity index (χ0) is 16.9. The number of amides is 2. The molecule has 2 aliphatic rings. The van der Waals surface area contributed by atoms with Gasteiger partial charge in [-0.25, -0.2) is 9.18 Å². The normalized spacial score (nSPS) is 30.1. The largest absolute Gasteiger partial charge is 0.393 e. The topological polar surface area (TPSA) is 61.4 Å². The van der Waals surface area contributed by atoms with E-state index in [0.717, 1.165) is 50.5 Å². The molecule has 2 amide bonds. The average molecular weight is 334 g/mol. The van der Waals surface area contributed by atoms with Crippen LogP contribution < -0.4 is 10.6 Å². The van der Waals surface area contributed by atoms with Crippen LogP contribution in [0.4, 0.5) is 9.18 Å². The van der Waals surface area contributed by atoms with E-state index in [0.29, 0.717) is 12.5 Å². The van der Waals surface area contributed by atoms with Gasteiger partial charge in [0.1, 0.15) is 5.82 Å². The summed E-state index contributed by atoms with van der Waals surface area (Å²) in [5.74, 6) is 0.400. The molecule has 4 nitrogen and oxygen atoms in total. The molecule has 0 bridgehead atoms. The molecule has 0 heterocycles. The molecule has 4 atom stereocenters. The van der Waals surface area contributed by atoms with Crippen molar-refractivity contribution in [3.05, 3.63) is 35.6 Å². The Kier molecular flexibility index (Phi) is 5.72. The van der Waals surface area contributed by atoms with Crippen molar-refractivity contribution < 1.29 is 14.3 Å². The molecule has 0 aliphatic heterocycles. The third-order valence-electron chi connectivity index (χ3n) is 5.44. The Balaban J connectivity index is 1.49. The maximum atomic E-state index is 13.1. The molecule has 3 rings (SSSR count). The van der Waals surface area contributed by atoms with Gasteiger partial charge in [-0.2, -0.15) is 0 Å². The summed E-state index contributed by atoms with van der Waals surface area (Å²) in [5, 5.41) is 15.7. The number of benzene rings is 1. The highest BCUT2D eigenvalue weighted by Crippen LogP contribution is 2.34. The van der Waals surface area contributed by atoms with Gasteiger partial charge in [-0.3, -0.25) is 0 Å². The minimum Gasteiger partial charge on any atom is -0.393 e. The second-order valence-electron chi connectivity index (χ2n) is 7.24. The summed E-state index contributed by atoms with van der Waals surface area (Å²) in [5.41, 5.74) is 1.09. The lowest BCUT2D eigenvalue weighted by Crippen LogP contribution is -2.45. The first-order valence-corrected chi connectivity index (χ1v) is 9.09. The predicted molar refractivity (Wildman–Crippen MR) is 91.3 cm³/mol. The van der Waals surface area contributed by atoms with Gasteiger partial charge in [-0.15, -0.1) is 0 Å². The summed E-state index contributed by atoms with van der Waals surface area (Å²) in [7, 11) is 0.